The molecule has 0 saturated heterocycles. The second-order valence-corrected chi connectivity index (χ2v) is 4.40. The van der Waals surface area contributed by atoms with Gasteiger partial charge in [-0.3, -0.25) is 4.98 Å². The average molecular weight is 244 g/mol. The van der Waals surface area contributed by atoms with Gasteiger partial charge >= 0.3 is 0 Å². The van der Waals surface area contributed by atoms with Crippen LogP contribution >= 0.6 is 0 Å². The summed E-state index contributed by atoms with van der Waals surface area (Å²) in [7, 11) is 1.93. The number of anilines is 1. The van der Waals surface area contributed by atoms with E-state index in [0.717, 1.165) is 37.7 Å². The van der Waals surface area contributed by atoms with Gasteiger partial charge in [0.15, 0.2) is 5.82 Å². The van der Waals surface area contributed by atoms with E-state index in [-0.39, 0.29) is 0 Å². The molecule has 0 saturated carbocycles. The molecule has 94 valence electrons. The lowest BCUT2D eigenvalue weighted by Gasteiger charge is -2.29. The van der Waals surface area contributed by atoms with Gasteiger partial charge in [-0.1, -0.05) is 0 Å². The van der Waals surface area contributed by atoms with Gasteiger partial charge in [0.1, 0.15) is 6.33 Å². The van der Waals surface area contributed by atoms with Crippen molar-refractivity contribution in [1.29, 1.82) is 0 Å². The van der Waals surface area contributed by atoms with E-state index in [4.69, 9.17) is 0 Å². The van der Waals surface area contributed by atoms with Gasteiger partial charge in [0.2, 0.25) is 0 Å². The average Bonchev–Trinajstić information content (AvgIpc) is 2.86. The maximum Gasteiger partial charge on any atom is 0.152 e. The van der Waals surface area contributed by atoms with E-state index in [9.17, 15) is 0 Å². The highest BCUT2D eigenvalue weighted by Crippen LogP contribution is 2.19. The molecule has 3 heterocycles. The number of hydrogen-bond acceptors (Lipinski definition) is 5. The Morgan fingerprint density at radius 1 is 1.39 bits per heavy atom. The summed E-state index contributed by atoms with van der Waals surface area (Å²) in [5.74, 6) is 1.02. The molecule has 6 heteroatoms. The molecule has 0 amide bonds. The molecule has 0 aromatic carbocycles. The number of pyridine rings is 1. The normalized spacial score (nSPS) is 14.6. The molecule has 3 rings (SSSR count). The molecule has 2 aromatic rings. The summed E-state index contributed by atoms with van der Waals surface area (Å²) in [6.07, 6.45) is 3.66. The summed E-state index contributed by atoms with van der Waals surface area (Å²) < 4.78 is 2.10. The molecule has 18 heavy (non-hydrogen) atoms. The van der Waals surface area contributed by atoms with E-state index in [0.29, 0.717) is 0 Å². The SMILES string of the molecule is CNCc1cc(N2CCn3cnnc3C2)ccn1. The van der Waals surface area contributed by atoms with Gasteiger partial charge in [0, 0.05) is 31.5 Å². The highest BCUT2D eigenvalue weighted by molar-refractivity contribution is 5.47. The zero-order chi connectivity index (χ0) is 12.4. The number of nitrogens with zero attached hydrogens (tertiary/aromatic N) is 5. The molecule has 0 fully saturated rings. The zero-order valence-electron chi connectivity index (χ0n) is 10.4. The summed E-state index contributed by atoms with van der Waals surface area (Å²) >= 11 is 0. The van der Waals surface area contributed by atoms with Crippen LogP contribution < -0.4 is 10.2 Å². The van der Waals surface area contributed by atoms with Gasteiger partial charge < -0.3 is 14.8 Å². The van der Waals surface area contributed by atoms with E-state index in [1.807, 2.05) is 19.3 Å². The summed E-state index contributed by atoms with van der Waals surface area (Å²) in [5.41, 5.74) is 2.26. The van der Waals surface area contributed by atoms with E-state index in [2.05, 4.69) is 36.0 Å². The minimum atomic E-state index is 0.790. The topological polar surface area (TPSA) is 58.9 Å². The van der Waals surface area contributed by atoms with Crippen LogP contribution in [0.25, 0.3) is 0 Å². The van der Waals surface area contributed by atoms with Crippen molar-refractivity contribution < 1.29 is 0 Å². The summed E-state index contributed by atoms with van der Waals surface area (Å²) in [6, 6.07) is 4.17. The maximum atomic E-state index is 4.34. The molecule has 0 spiro atoms. The second kappa shape index (κ2) is 4.73. The van der Waals surface area contributed by atoms with Crippen LogP contribution in [0, 0.1) is 0 Å². The molecule has 6 nitrogen and oxygen atoms in total. The maximum absolute atomic E-state index is 4.34. The van der Waals surface area contributed by atoms with E-state index >= 15 is 0 Å². The highest BCUT2D eigenvalue weighted by atomic mass is 15.3. The van der Waals surface area contributed by atoms with E-state index in [1.54, 1.807) is 6.33 Å². The molecular formula is C12H16N6. The molecular weight excluding hydrogens is 228 g/mol. The van der Waals surface area contributed by atoms with E-state index in [1.165, 1.54) is 5.69 Å². The molecule has 0 atom stereocenters. The standard InChI is InChI=1S/C12H16N6/c1-13-7-10-6-11(2-3-14-10)17-4-5-18-9-15-16-12(18)8-17/h2-3,6,9,13H,4-5,7-8H2,1H3. The number of fused-ring (bicyclic) bond motifs is 1. The third-order valence-electron chi connectivity index (χ3n) is 3.16. The Morgan fingerprint density at radius 3 is 3.22 bits per heavy atom. The van der Waals surface area contributed by atoms with Crippen molar-refractivity contribution in [3.05, 3.63) is 36.2 Å². The van der Waals surface area contributed by atoms with Crippen LogP contribution in [0.5, 0.6) is 0 Å². The first kappa shape index (κ1) is 11.2. The minimum Gasteiger partial charge on any atom is -0.362 e. The van der Waals surface area contributed by atoms with Crippen LogP contribution in [0.1, 0.15) is 11.5 Å². The number of rotatable bonds is 3. The van der Waals surface area contributed by atoms with Crippen LogP contribution in [-0.4, -0.2) is 33.3 Å². The number of aromatic nitrogens is 4. The van der Waals surface area contributed by atoms with Crippen molar-refractivity contribution in [2.45, 2.75) is 19.6 Å². The Labute approximate surface area is 106 Å². The highest BCUT2D eigenvalue weighted by Gasteiger charge is 2.17. The Morgan fingerprint density at radius 2 is 2.33 bits per heavy atom. The number of nitrogens with one attached hydrogen (secondary N) is 1. The zero-order valence-corrected chi connectivity index (χ0v) is 10.4. The first-order chi connectivity index (χ1) is 8.86. The van der Waals surface area contributed by atoms with Gasteiger partial charge in [0.25, 0.3) is 0 Å². The lowest BCUT2D eigenvalue weighted by atomic mass is 10.2. The van der Waals surface area contributed by atoms with Crippen LogP contribution in [0.15, 0.2) is 24.7 Å². The van der Waals surface area contributed by atoms with Crippen LogP contribution in [0.3, 0.4) is 0 Å². The fourth-order valence-electron chi connectivity index (χ4n) is 2.23. The third-order valence-corrected chi connectivity index (χ3v) is 3.16. The van der Waals surface area contributed by atoms with Crippen molar-refractivity contribution in [3.8, 4) is 0 Å². The van der Waals surface area contributed by atoms with Crippen LogP contribution in [0.4, 0.5) is 5.69 Å². The van der Waals surface area contributed by atoms with Crippen molar-refractivity contribution in [2.24, 2.45) is 0 Å². The third kappa shape index (κ3) is 2.06. The quantitative estimate of drug-likeness (QED) is 0.847. The lowest BCUT2D eigenvalue weighted by molar-refractivity contribution is 0.559. The molecule has 1 N–H and O–H groups in total. The van der Waals surface area contributed by atoms with Crippen LogP contribution in [-0.2, 0) is 19.6 Å². The molecule has 2 aromatic heterocycles. The van der Waals surface area contributed by atoms with Crippen molar-refractivity contribution in [3.63, 3.8) is 0 Å². The van der Waals surface area contributed by atoms with Gasteiger partial charge in [0.05, 0.1) is 12.2 Å². The smallest absolute Gasteiger partial charge is 0.152 e. The Kier molecular flexibility index (Phi) is 2.93. The van der Waals surface area contributed by atoms with Gasteiger partial charge in [-0.05, 0) is 19.2 Å². The fraction of sp³-hybridized carbons (Fsp3) is 0.417. The molecule has 0 radical (unpaired) electrons. The summed E-state index contributed by atoms with van der Waals surface area (Å²) in [4.78, 5) is 6.65. The first-order valence-electron chi connectivity index (χ1n) is 6.08. The van der Waals surface area contributed by atoms with Gasteiger partial charge in [-0.25, -0.2) is 0 Å². The molecule has 0 bridgehead atoms. The largest absolute Gasteiger partial charge is 0.362 e. The number of hydrogen-bond donors (Lipinski definition) is 1. The minimum absolute atomic E-state index is 0.790. The van der Waals surface area contributed by atoms with Gasteiger partial charge in [-0.15, -0.1) is 10.2 Å². The Balaban J connectivity index is 1.81. The monoisotopic (exact) mass is 244 g/mol. The van der Waals surface area contributed by atoms with Crippen molar-refractivity contribution >= 4 is 5.69 Å². The van der Waals surface area contributed by atoms with E-state index < -0.39 is 0 Å². The van der Waals surface area contributed by atoms with Crippen molar-refractivity contribution in [2.75, 3.05) is 18.5 Å². The summed E-state index contributed by atoms with van der Waals surface area (Å²) in [5, 5.41) is 11.2. The predicted octanol–water partition coefficient (Wildman–Crippen LogP) is 0.413. The van der Waals surface area contributed by atoms with Crippen molar-refractivity contribution in [1.82, 2.24) is 25.1 Å². The molecule has 0 unspecified atom stereocenters. The Bertz CT molecular complexity index is 535. The summed E-state index contributed by atoms with van der Waals surface area (Å²) in [6.45, 7) is 3.51. The molecule has 0 aliphatic carbocycles. The predicted molar refractivity (Wildman–Crippen MR) is 68.1 cm³/mol. The van der Waals surface area contributed by atoms with Crippen LogP contribution in [0.2, 0.25) is 0 Å². The molecule has 1 aliphatic rings. The Hall–Kier alpha value is -1.95. The van der Waals surface area contributed by atoms with Gasteiger partial charge in [-0.2, -0.15) is 0 Å². The second-order valence-electron chi connectivity index (χ2n) is 4.40. The molecule has 1 aliphatic heterocycles. The fourth-order valence-corrected chi connectivity index (χ4v) is 2.23. The lowest BCUT2D eigenvalue weighted by Crippen LogP contribution is -2.33. The first-order valence-corrected chi connectivity index (χ1v) is 6.08.